The molecule has 0 radical (unpaired) electrons. The first-order valence-electron chi connectivity index (χ1n) is 8.67. The molecule has 5 unspecified atom stereocenters. The van der Waals surface area contributed by atoms with Gasteiger partial charge in [0.15, 0.2) is 0 Å². The van der Waals surface area contributed by atoms with Crippen LogP contribution in [0.1, 0.15) is 41.0 Å². The zero-order valence-electron chi connectivity index (χ0n) is 16.3. The van der Waals surface area contributed by atoms with E-state index in [0.717, 1.165) is 0 Å². The summed E-state index contributed by atoms with van der Waals surface area (Å²) in [5, 5.41) is 0. The van der Waals surface area contributed by atoms with Crippen molar-refractivity contribution >= 4 is 92.8 Å². The van der Waals surface area contributed by atoms with Crippen LogP contribution in [0.25, 0.3) is 0 Å². The molecule has 5 atom stereocenters. The first-order valence-corrected chi connectivity index (χ1v) is 17.1. The van der Waals surface area contributed by atoms with Gasteiger partial charge in [0.25, 0.3) is 0 Å². The third-order valence-corrected chi connectivity index (χ3v) is 9.72. The van der Waals surface area contributed by atoms with Crippen LogP contribution in [0.5, 0.6) is 0 Å². The molecule has 0 fully saturated rings. The molecule has 0 aromatic rings. The molecule has 0 heterocycles. The second kappa shape index (κ2) is 16.4. The summed E-state index contributed by atoms with van der Waals surface area (Å²) in [5.41, 5.74) is 0. The summed E-state index contributed by atoms with van der Waals surface area (Å²) >= 11 is 10.7. The van der Waals surface area contributed by atoms with Crippen molar-refractivity contribution in [2.24, 2.45) is 0 Å². The molecule has 12 heteroatoms. The molecule has 0 aromatic heterocycles. The average molecular weight is 779 g/mol. The number of halogens is 4. The third-order valence-electron chi connectivity index (χ3n) is 2.70. The Morgan fingerprint density at radius 3 is 1.44 bits per heavy atom. The maximum absolute atomic E-state index is 13.5. The zero-order chi connectivity index (χ0) is 21.0. The van der Waals surface area contributed by atoms with Crippen LogP contribution < -0.4 is 0 Å². The van der Waals surface area contributed by atoms with Crippen LogP contribution in [-0.2, 0) is 22.7 Å². The van der Waals surface area contributed by atoms with Crippen LogP contribution in [0, 0.1) is 0 Å². The van der Waals surface area contributed by atoms with Gasteiger partial charge < -0.3 is 0 Å². The Hall–Kier alpha value is 2.77. The SMILES string of the molecule is CCC([O][Sb]([O]CC(C)Br)[O]CC(C)Br)P(=O)(OCC(C)Br)OCC(C)Br. The van der Waals surface area contributed by atoms with Gasteiger partial charge in [-0.1, -0.05) is 0 Å². The van der Waals surface area contributed by atoms with E-state index in [9.17, 15) is 4.57 Å². The molecule has 6 nitrogen and oxygen atoms in total. The number of rotatable bonds is 16. The second-order valence-electron chi connectivity index (χ2n) is 6.04. The Kier molecular flexibility index (Phi) is 18.1. The summed E-state index contributed by atoms with van der Waals surface area (Å²) in [6, 6.07) is 0. The summed E-state index contributed by atoms with van der Waals surface area (Å²) < 4.78 is 42.6. The average Bonchev–Trinajstić information content (AvgIpc) is 2.57. The number of hydrogen-bond donors (Lipinski definition) is 0. The predicted molar refractivity (Wildman–Crippen MR) is 126 cm³/mol. The fourth-order valence-corrected chi connectivity index (χ4v) is 10.5. The monoisotopic (exact) mass is 774 g/mol. The van der Waals surface area contributed by atoms with Crippen molar-refractivity contribution in [1.29, 1.82) is 0 Å². The van der Waals surface area contributed by atoms with E-state index in [1.165, 1.54) is 0 Å². The molecule has 0 bridgehead atoms. The second-order valence-corrected chi connectivity index (χ2v) is 17.8. The molecule has 0 saturated heterocycles. The Morgan fingerprint density at radius 1 is 0.778 bits per heavy atom. The molecule has 164 valence electrons. The van der Waals surface area contributed by atoms with Crippen molar-refractivity contribution in [3.63, 3.8) is 0 Å². The molecule has 0 N–H and O–H groups in total. The Balaban J connectivity index is 5.23. The zero-order valence-corrected chi connectivity index (χ0v) is 26.1. The van der Waals surface area contributed by atoms with E-state index in [1.807, 2.05) is 34.6 Å². The van der Waals surface area contributed by atoms with E-state index in [0.29, 0.717) is 19.6 Å². The van der Waals surface area contributed by atoms with E-state index >= 15 is 0 Å². The first kappa shape index (κ1) is 29.8. The molecule has 0 aromatic carbocycles. The Labute approximate surface area is 206 Å². The van der Waals surface area contributed by atoms with Crippen LogP contribution >= 0.6 is 71.3 Å². The molecular weight excluding hydrogens is 749 g/mol. The van der Waals surface area contributed by atoms with E-state index in [1.54, 1.807) is 0 Å². The molecule has 27 heavy (non-hydrogen) atoms. The van der Waals surface area contributed by atoms with Crippen LogP contribution in [0.15, 0.2) is 0 Å². The van der Waals surface area contributed by atoms with Crippen LogP contribution in [0.2, 0.25) is 0 Å². The quantitative estimate of drug-likeness (QED) is 0.107. The van der Waals surface area contributed by atoms with Crippen LogP contribution in [0.4, 0.5) is 0 Å². The summed E-state index contributed by atoms with van der Waals surface area (Å²) in [6.45, 7) is 11.1. The van der Waals surface area contributed by atoms with Crippen molar-refractivity contribution in [2.45, 2.75) is 66.2 Å². The minimum absolute atomic E-state index is 0.0429. The number of alkyl halides is 4. The van der Waals surface area contributed by atoms with Gasteiger partial charge in [0.1, 0.15) is 0 Å². The molecule has 0 spiro atoms. The van der Waals surface area contributed by atoms with Gasteiger partial charge in [0, 0.05) is 0 Å². The van der Waals surface area contributed by atoms with Crippen LogP contribution in [-0.4, -0.2) is 73.1 Å². The summed E-state index contributed by atoms with van der Waals surface area (Å²) in [7, 11) is -3.51. The normalized spacial score (nSPS) is 20.1. The van der Waals surface area contributed by atoms with E-state index in [4.69, 9.17) is 18.1 Å². The van der Waals surface area contributed by atoms with E-state index in [-0.39, 0.29) is 32.5 Å². The molecule has 0 aliphatic rings. The Bertz CT molecular complexity index is 403. The summed E-state index contributed by atoms with van der Waals surface area (Å²) in [6.07, 6.45) is 0.464. The van der Waals surface area contributed by atoms with Crippen molar-refractivity contribution in [3.05, 3.63) is 0 Å². The predicted octanol–water partition coefficient (Wildman–Crippen LogP) is 6.12. The van der Waals surface area contributed by atoms with Gasteiger partial charge in [-0.25, -0.2) is 0 Å². The maximum atomic E-state index is 13.5. The van der Waals surface area contributed by atoms with Crippen molar-refractivity contribution in [2.75, 3.05) is 26.4 Å². The molecule has 0 aliphatic heterocycles. The first-order chi connectivity index (χ1) is 12.5. The van der Waals surface area contributed by atoms with Gasteiger partial charge in [-0.05, 0) is 0 Å². The van der Waals surface area contributed by atoms with Gasteiger partial charge in [0.2, 0.25) is 0 Å². The third kappa shape index (κ3) is 15.2. The minimum atomic E-state index is -3.51. The molecule has 0 rings (SSSR count). The molecular formula is C15H30Br4O6PSb. The van der Waals surface area contributed by atoms with Gasteiger partial charge in [0.05, 0.1) is 0 Å². The topological polar surface area (TPSA) is 63.2 Å². The van der Waals surface area contributed by atoms with E-state index < -0.39 is 34.9 Å². The van der Waals surface area contributed by atoms with Crippen molar-refractivity contribution in [3.8, 4) is 0 Å². The van der Waals surface area contributed by atoms with Gasteiger partial charge in [-0.2, -0.15) is 0 Å². The molecule has 0 saturated carbocycles. The van der Waals surface area contributed by atoms with E-state index in [2.05, 4.69) is 63.7 Å². The number of hydrogen-bond acceptors (Lipinski definition) is 6. The fourth-order valence-electron chi connectivity index (χ4n) is 1.50. The molecule has 0 aliphatic carbocycles. The van der Waals surface area contributed by atoms with Gasteiger partial charge >= 0.3 is 208 Å². The van der Waals surface area contributed by atoms with Crippen molar-refractivity contribution in [1.82, 2.24) is 0 Å². The standard InChI is InChI=1S/C9H18Br2O4P.2C3H6BrO.Sb/c1-4-9(12)16(13,14-5-7(2)10)15-6-8(3)11;2*1-3(4)2-5;/h7-9H,4-6H2,1-3H3;2*3H,2H2,1H3;/q3*-1;+3. The summed E-state index contributed by atoms with van der Waals surface area (Å²) in [5.74, 6) is -0.728. The van der Waals surface area contributed by atoms with Gasteiger partial charge in [-0.15, -0.1) is 0 Å². The van der Waals surface area contributed by atoms with Gasteiger partial charge in [-0.3, -0.25) is 0 Å². The molecule has 0 amide bonds. The Morgan fingerprint density at radius 2 is 1.15 bits per heavy atom. The van der Waals surface area contributed by atoms with Crippen molar-refractivity contribution < 1.29 is 22.7 Å². The fraction of sp³-hybridized carbons (Fsp3) is 1.00. The van der Waals surface area contributed by atoms with Crippen LogP contribution in [0.3, 0.4) is 0 Å². The summed E-state index contributed by atoms with van der Waals surface area (Å²) in [4.78, 5) is 0.421.